The minimum atomic E-state index is -0.922. The topological polar surface area (TPSA) is 84.9 Å². The van der Waals surface area contributed by atoms with E-state index in [0.717, 1.165) is 12.1 Å². The lowest BCUT2D eigenvalue weighted by Crippen LogP contribution is -2.38. The SMILES string of the molecule is COc1ccc(Cl)cc1C(=O)N1CC[C@H](C(=O)NCC(=O)COc2c(F)cccc2F)C1. The number of rotatable bonds is 8. The molecule has 2 aromatic rings. The summed E-state index contributed by atoms with van der Waals surface area (Å²) < 4.78 is 37.1. The standard InChI is InChI=1S/C22H21ClF2N2O5/c1-31-19-6-5-14(23)9-16(19)22(30)27-8-7-13(11-27)21(29)26-10-15(28)12-32-20-17(24)3-2-4-18(20)25/h2-6,9,13H,7-8,10-12H2,1H3,(H,26,29)/t13-/m0/s1. The van der Waals surface area contributed by atoms with Crippen molar-refractivity contribution in [1.29, 1.82) is 0 Å². The lowest BCUT2D eigenvalue weighted by molar-refractivity contribution is -0.128. The Kier molecular flexibility index (Phi) is 7.63. The van der Waals surface area contributed by atoms with Crippen LogP contribution in [-0.4, -0.2) is 55.8 Å². The molecule has 10 heteroatoms. The van der Waals surface area contributed by atoms with Gasteiger partial charge in [-0.05, 0) is 36.8 Å². The molecular weight excluding hydrogens is 446 g/mol. The predicted molar refractivity (Wildman–Crippen MR) is 112 cm³/mol. The van der Waals surface area contributed by atoms with Crippen LogP contribution in [-0.2, 0) is 9.59 Å². The maximum absolute atomic E-state index is 13.5. The van der Waals surface area contributed by atoms with Gasteiger partial charge in [0.1, 0.15) is 12.4 Å². The highest BCUT2D eigenvalue weighted by Crippen LogP contribution is 2.27. The van der Waals surface area contributed by atoms with Crippen molar-refractivity contribution in [3.8, 4) is 11.5 Å². The molecule has 1 aliphatic heterocycles. The van der Waals surface area contributed by atoms with Gasteiger partial charge in [-0.1, -0.05) is 17.7 Å². The number of methoxy groups -OCH3 is 1. The molecular formula is C22H21ClF2N2O5. The fraction of sp³-hybridized carbons (Fsp3) is 0.318. The third kappa shape index (κ3) is 5.53. The van der Waals surface area contributed by atoms with Crippen LogP contribution in [0.2, 0.25) is 5.02 Å². The summed E-state index contributed by atoms with van der Waals surface area (Å²) in [4.78, 5) is 38.7. The largest absolute Gasteiger partial charge is 0.496 e. The van der Waals surface area contributed by atoms with Gasteiger partial charge in [0.25, 0.3) is 5.91 Å². The fourth-order valence-electron chi connectivity index (χ4n) is 3.33. The number of ketones is 1. The Labute approximate surface area is 188 Å². The first-order valence-corrected chi connectivity index (χ1v) is 10.2. The van der Waals surface area contributed by atoms with Crippen LogP contribution in [0.5, 0.6) is 11.5 Å². The fourth-order valence-corrected chi connectivity index (χ4v) is 3.50. The van der Waals surface area contributed by atoms with E-state index in [-0.39, 0.29) is 19.0 Å². The normalized spacial score (nSPS) is 15.4. The zero-order valence-electron chi connectivity index (χ0n) is 17.2. The summed E-state index contributed by atoms with van der Waals surface area (Å²) in [5.41, 5.74) is 0.300. The average Bonchev–Trinajstić information content (AvgIpc) is 3.27. The summed E-state index contributed by atoms with van der Waals surface area (Å²) in [7, 11) is 1.45. The second kappa shape index (κ2) is 10.4. The van der Waals surface area contributed by atoms with Crippen LogP contribution in [0.15, 0.2) is 36.4 Å². The van der Waals surface area contributed by atoms with Crippen LogP contribution in [0.3, 0.4) is 0 Å². The van der Waals surface area contributed by atoms with Crippen LogP contribution in [0, 0.1) is 17.6 Å². The molecule has 2 amide bonds. The lowest BCUT2D eigenvalue weighted by Gasteiger charge is -2.18. The number of carbonyl (C=O) groups is 3. The number of hydrogen-bond donors (Lipinski definition) is 1. The molecule has 1 heterocycles. The van der Waals surface area contributed by atoms with E-state index in [4.69, 9.17) is 21.1 Å². The zero-order valence-corrected chi connectivity index (χ0v) is 18.0. The number of nitrogens with one attached hydrogen (secondary N) is 1. The highest BCUT2D eigenvalue weighted by Gasteiger charge is 2.32. The third-order valence-corrected chi connectivity index (χ3v) is 5.23. The number of amides is 2. The first-order valence-electron chi connectivity index (χ1n) is 9.79. The Morgan fingerprint density at radius 2 is 1.91 bits per heavy atom. The lowest BCUT2D eigenvalue weighted by atomic mass is 10.1. The van der Waals surface area contributed by atoms with E-state index in [1.807, 2.05) is 0 Å². The van der Waals surface area contributed by atoms with E-state index in [0.29, 0.717) is 29.3 Å². The molecule has 0 unspecified atom stereocenters. The molecule has 0 spiro atoms. The number of para-hydroxylation sites is 1. The molecule has 0 aromatic heterocycles. The third-order valence-electron chi connectivity index (χ3n) is 4.99. The zero-order chi connectivity index (χ0) is 23.3. The van der Waals surface area contributed by atoms with Gasteiger partial charge in [0.15, 0.2) is 23.2 Å². The highest BCUT2D eigenvalue weighted by molar-refractivity contribution is 6.31. The van der Waals surface area contributed by atoms with Gasteiger partial charge in [-0.15, -0.1) is 0 Å². The molecule has 0 radical (unpaired) electrons. The van der Waals surface area contributed by atoms with Crippen molar-refractivity contribution < 1.29 is 32.6 Å². The second-order valence-electron chi connectivity index (χ2n) is 7.18. The summed E-state index contributed by atoms with van der Waals surface area (Å²) in [5, 5.41) is 2.87. The summed E-state index contributed by atoms with van der Waals surface area (Å²) in [6.07, 6.45) is 0.422. The van der Waals surface area contributed by atoms with Crippen molar-refractivity contribution in [2.45, 2.75) is 6.42 Å². The minimum absolute atomic E-state index is 0.172. The molecule has 0 aliphatic carbocycles. The molecule has 3 rings (SSSR count). The van der Waals surface area contributed by atoms with Gasteiger partial charge in [0, 0.05) is 18.1 Å². The van der Waals surface area contributed by atoms with E-state index in [9.17, 15) is 23.2 Å². The van der Waals surface area contributed by atoms with Crippen molar-refractivity contribution in [1.82, 2.24) is 10.2 Å². The average molecular weight is 467 g/mol. The Bertz CT molecular complexity index is 1010. The Morgan fingerprint density at radius 1 is 1.19 bits per heavy atom. The first-order chi connectivity index (χ1) is 15.3. The molecule has 0 bridgehead atoms. The van der Waals surface area contributed by atoms with Gasteiger partial charge in [0.2, 0.25) is 5.91 Å². The number of benzene rings is 2. The van der Waals surface area contributed by atoms with Crippen LogP contribution in [0.4, 0.5) is 8.78 Å². The quantitative estimate of drug-likeness (QED) is 0.646. The first kappa shape index (κ1) is 23.5. The van der Waals surface area contributed by atoms with Gasteiger partial charge < -0.3 is 19.7 Å². The molecule has 1 atom stereocenters. The number of nitrogens with zero attached hydrogens (tertiary/aromatic N) is 1. The van der Waals surface area contributed by atoms with E-state index < -0.39 is 41.6 Å². The maximum atomic E-state index is 13.5. The molecule has 0 saturated carbocycles. The van der Waals surface area contributed by atoms with Crippen molar-refractivity contribution in [2.75, 3.05) is 33.4 Å². The minimum Gasteiger partial charge on any atom is -0.496 e. The molecule has 1 saturated heterocycles. The summed E-state index contributed by atoms with van der Waals surface area (Å²) in [6.45, 7) is -0.425. The van der Waals surface area contributed by atoms with Crippen LogP contribution >= 0.6 is 11.6 Å². The van der Waals surface area contributed by atoms with Gasteiger partial charge in [-0.3, -0.25) is 14.4 Å². The summed E-state index contributed by atoms with van der Waals surface area (Å²) >= 11 is 5.98. The van der Waals surface area contributed by atoms with E-state index >= 15 is 0 Å². The summed E-state index contributed by atoms with van der Waals surface area (Å²) in [6, 6.07) is 7.91. The van der Waals surface area contributed by atoms with E-state index in [2.05, 4.69) is 5.32 Å². The number of ether oxygens (including phenoxy) is 2. The van der Waals surface area contributed by atoms with Gasteiger partial charge >= 0.3 is 0 Å². The van der Waals surface area contributed by atoms with E-state index in [1.165, 1.54) is 24.1 Å². The molecule has 1 aliphatic rings. The van der Waals surface area contributed by atoms with Crippen LogP contribution < -0.4 is 14.8 Å². The number of carbonyl (C=O) groups excluding carboxylic acids is 3. The smallest absolute Gasteiger partial charge is 0.257 e. The number of likely N-dealkylation sites (tertiary alicyclic amines) is 1. The number of halogens is 3. The monoisotopic (exact) mass is 466 g/mol. The van der Waals surface area contributed by atoms with Gasteiger partial charge in [-0.25, -0.2) is 8.78 Å². The van der Waals surface area contributed by atoms with Crippen LogP contribution in [0.25, 0.3) is 0 Å². The predicted octanol–water partition coefficient (Wildman–Crippen LogP) is 2.85. The summed E-state index contributed by atoms with van der Waals surface area (Å²) in [5.74, 6) is -3.88. The molecule has 2 aromatic carbocycles. The van der Waals surface area contributed by atoms with Crippen molar-refractivity contribution >= 4 is 29.2 Å². The van der Waals surface area contributed by atoms with Gasteiger partial charge in [0.05, 0.1) is 25.1 Å². The van der Waals surface area contributed by atoms with Crippen molar-refractivity contribution in [3.63, 3.8) is 0 Å². The van der Waals surface area contributed by atoms with Crippen LogP contribution in [0.1, 0.15) is 16.8 Å². The van der Waals surface area contributed by atoms with Crippen molar-refractivity contribution in [2.24, 2.45) is 5.92 Å². The molecule has 32 heavy (non-hydrogen) atoms. The number of Topliss-reactive ketones (excluding diaryl/α,β-unsaturated/α-hetero) is 1. The second-order valence-corrected chi connectivity index (χ2v) is 7.61. The molecule has 7 nitrogen and oxygen atoms in total. The molecule has 1 N–H and O–H groups in total. The molecule has 1 fully saturated rings. The number of hydrogen-bond acceptors (Lipinski definition) is 5. The van der Waals surface area contributed by atoms with Gasteiger partial charge in [-0.2, -0.15) is 0 Å². The Balaban J connectivity index is 1.49. The molecule has 170 valence electrons. The Hall–Kier alpha value is -3.20. The Morgan fingerprint density at radius 3 is 2.59 bits per heavy atom. The maximum Gasteiger partial charge on any atom is 0.257 e. The highest BCUT2D eigenvalue weighted by atomic mass is 35.5. The van der Waals surface area contributed by atoms with E-state index in [1.54, 1.807) is 12.1 Å². The van der Waals surface area contributed by atoms with Crippen molar-refractivity contribution in [3.05, 3.63) is 58.6 Å².